The molecule has 2 fully saturated rings. The van der Waals surface area contributed by atoms with Crippen molar-refractivity contribution in [3.63, 3.8) is 0 Å². The number of alkyl halides is 3. The molecule has 1 saturated carbocycles. The number of hydrogen-bond acceptors (Lipinski definition) is 4. The van der Waals surface area contributed by atoms with Crippen LogP contribution in [0.25, 0.3) is 0 Å². The van der Waals surface area contributed by atoms with Crippen molar-refractivity contribution in [2.75, 3.05) is 0 Å². The molecule has 2 aliphatic rings. The van der Waals surface area contributed by atoms with E-state index in [0.717, 1.165) is 19.3 Å². The van der Waals surface area contributed by atoms with Gasteiger partial charge in [0.1, 0.15) is 6.42 Å². The molecule has 7 heteroatoms. The molecule has 20 heavy (non-hydrogen) atoms. The Morgan fingerprint density at radius 3 is 2.75 bits per heavy atom. The Morgan fingerprint density at radius 1 is 1.15 bits per heavy atom. The van der Waals surface area contributed by atoms with Gasteiger partial charge in [-0.05, 0) is 31.6 Å². The summed E-state index contributed by atoms with van der Waals surface area (Å²) in [6.07, 6.45) is 1.38. The van der Waals surface area contributed by atoms with E-state index in [1.807, 2.05) is 0 Å². The highest BCUT2D eigenvalue weighted by atomic mass is 19.4. The molecule has 3 atom stereocenters. The van der Waals surface area contributed by atoms with Crippen LogP contribution in [0.2, 0.25) is 0 Å². The maximum Gasteiger partial charge on any atom is 0.396 e. The summed E-state index contributed by atoms with van der Waals surface area (Å²) in [4.78, 5) is 3.90. The SMILES string of the molecule is FC(F)(F)Cc1noc(C2CCC3CCCCC3N2)n1. The van der Waals surface area contributed by atoms with Gasteiger partial charge in [0.05, 0.1) is 6.04 Å². The number of halogens is 3. The van der Waals surface area contributed by atoms with Crippen molar-refractivity contribution in [1.82, 2.24) is 15.5 Å². The van der Waals surface area contributed by atoms with Crippen LogP contribution < -0.4 is 5.32 Å². The number of nitrogens with zero attached hydrogens (tertiary/aromatic N) is 2. The third-order valence-corrected chi connectivity index (χ3v) is 4.29. The maximum atomic E-state index is 12.3. The second-order valence-electron chi connectivity index (χ2n) is 5.79. The van der Waals surface area contributed by atoms with Crippen molar-refractivity contribution in [2.24, 2.45) is 5.92 Å². The largest absolute Gasteiger partial charge is 0.396 e. The number of fused-ring (bicyclic) bond motifs is 1. The van der Waals surface area contributed by atoms with E-state index in [2.05, 4.69) is 15.5 Å². The lowest BCUT2D eigenvalue weighted by atomic mass is 9.78. The van der Waals surface area contributed by atoms with Gasteiger partial charge in [0.2, 0.25) is 5.89 Å². The Hall–Kier alpha value is -1.11. The van der Waals surface area contributed by atoms with E-state index in [0.29, 0.717) is 17.9 Å². The molecule has 112 valence electrons. The third kappa shape index (κ3) is 3.13. The van der Waals surface area contributed by atoms with Gasteiger partial charge in [0.25, 0.3) is 0 Å². The first-order valence-corrected chi connectivity index (χ1v) is 7.16. The predicted molar refractivity (Wildman–Crippen MR) is 64.9 cm³/mol. The van der Waals surface area contributed by atoms with E-state index >= 15 is 0 Å². The lowest BCUT2D eigenvalue weighted by Crippen LogP contribution is -2.44. The second-order valence-corrected chi connectivity index (χ2v) is 5.79. The summed E-state index contributed by atoms with van der Waals surface area (Å²) in [6.45, 7) is 0. The van der Waals surface area contributed by atoms with Gasteiger partial charge in [-0.25, -0.2) is 0 Å². The third-order valence-electron chi connectivity index (χ3n) is 4.29. The molecule has 1 aromatic heterocycles. The Bertz CT molecular complexity index is 460. The number of nitrogens with one attached hydrogen (secondary N) is 1. The molecule has 0 aromatic carbocycles. The second kappa shape index (κ2) is 5.35. The highest BCUT2D eigenvalue weighted by Gasteiger charge is 2.35. The number of hydrogen-bond donors (Lipinski definition) is 1. The first-order chi connectivity index (χ1) is 9.51. The van der Waals surface area contributed by atoms with Crippen molar-refractivity contribution >= 4 is 0 Å². The topological polar surface area (TPSA) is 51.0 Å². The van der Waals surface area contributed by atoms with Crippen LogP contribution in [0.1, 0.15) is 56.3 Å². The average molecular weight is 289 g/mol. The quantitative estimate of drug-likeness (QED) is 0.908. The van der Waals surface area contributed by atoms with Gasteiger partial charge in [-0.3, -0.25) is 0 Å². The predicted octanol–water partition coefficient (Wildman–Crippen LogP) is 3.16. The van der Waals surface area contributed by atoms with Gasteiger partial charge in [0, 0.05) is 6.04 Å². The molecule has 4 nitrogen and oxygen atoms in total. The van der Waals surface area contributed by atoms with Crippen LogP contribution in [0.5, 0.6) is 0 Å². The van der Waals surface area contributed by atoms with Crippen LogP contribution >= 0.6 is 0 Å². The standard InChI is InChI=1S/C13H18F3N3O/c14-13(15,16)7-11-18-12(20-19-11)10-6-5-8-3-1-2-4-9(8)17-10/h8-10,17H,1-7H2. The van der Waals surface area contributed by atoms with Gasteiger partial charge >= 0.3 is 6.18 Å². The molecule has 1 aliphatic carbocycles. The van der Waals surface area contributed by atoms with Crippen molar-refractivity contribution < 1.29 is 17.7 Å². The highest BCUT2D eigenvalue weighted by Crippen LogP contribution is 2.36. The lowest BCUT2D eigenvalue weighted by molar-refractivity contribution is -0.128. The lowest BCUT2D eigenvalue weighted by Gasteiger charge is -2.39. The minimum Gasteiger partial charge on any atom is -0.338 e. The van der Waals surface area contributed by atoms with Gasteiger partial charge in [0.15, 0.2) is 5.82 Å². The summed E-state index contributed by atoms with van der Waals surface area (Å²) in [5.41, 5.74) is 0. The Morgan fingerprint density at radius 2 is 1.95 bits per heavy atom. The molecule has 1 saturated heterocycles. The average Bonchev–Trinajstić information content (AvgIpc) is 2.84. The molecule has 0 amide bonds. The van der Waals surface area contributed by atoms with Crippen molar-refractivity contribution in [3.8, 4) is 0 Å². The highest BCUT2D eigenvalue weighted by molar-refractivity contribution is 4.99. The Labute approximate surface area is 115 Å². The summed E-state index contributed by atoms with van der Waals surface area (Å²) >= 11 is 0. The molecule has 1 aliphatic heterocycles. The first kappa shape index (κ1) is 13.9. The Kier molecular flexibility index (Phi) is 3.70. The fourth-order valence-corrected chi connectivity index (χ4v) is 3.35. The number of aromatic nitrogens is 2. The summed E-state index contributed by atoms with van der Waals surface area (Å²) in [5.74, 6) is 0.714. The molecule has 3 unspecified atom stereocenters. The van der Waals surface area contributed by atoms with E-state index in [-0.39, 0.29) is 11.9 Å². The monoisotopic (exact) mass is 289 g/mol. The van der Waals surface area contributed by atoms with E-state index in [1.54, 1.807) is 0 Å². The van der Waals surface area contributed by atoms with E-state index < -0.39 is 12.6 Å². The Balaban J connectivity index is 1.64. The van der Waals surface area contributed by atoms with Gasteiger partial charge < -0.3 is 9.84 Å². The molecule has 3 rings (SSSR count). The molecule has 0 radical (unpaired) electrons. The zero-order valence-electron chi connectivity index (χ0n) is 11.1. The summed E-state index contributed by atoms with van der Waals surface area (Å²) in [5, 5.41) is 6.91. The van der Waals surface area contributed by atoms with Gasteiger partial charge in [-0.1, -0.05) is 18.0 Å². The van der Waals surface area contributed by atoms with Crippen LogP contribution in [-0.2, 0) is 6.42 Å². The normalized spacial score (nSPS) is 31.1. The fraction of sp³-hybridized carbons (Fsp3) is 0.846. The van der Waals surface area contributed by atoms with Crippen LogP contribution in [0.4, 0.5) is 13.2 Å². The molecule has 1 aromatic rings. The minimum atomic E-state index is -4.30. The molecule has 1 N–H and O–H groups in total. The zero-order chi connectivity index (χ0) is 14.2. The minimum absolute atomic E-state index is 0.0937. The van der Waals surface area contributed by atoms with Gasteiger partial charge in [-0.2, -0.15) is 18.2 Å². The van der Waals surface area contributed by atoms with Crippen LogP contribution in [-0.4, -0.2) is 22.4 Å². The maximum absolute atomic E-state index is 12.3. The van der Waals surface area contributed by atoms with Gasteiger partial charge in [-0.15, -0.1) is 0 Å². The molecule has 2 heterocycles. The van der Waals surface area contributed by atoms with E-state index in [1.165, 1.54) is 19.3 Å². The molecular formula is C13H18F3N3O. The van der Waals surface area contributed by atoms with Crippen molar-refractivity contribution in [2.45, 2.75) is 63.2 Å². The summed E-state index contributed by atoms with van der Waals surface area (Å²) in [6, 6.07) is 0.351. The smallest absolute Gasteiger partial charge is 0.338 e. The van der Waals surface area contributed by atoms with Crippen molar-refractivity contribution in [1.29, 1.82) is 0 Å². The first-order valence-electron chi connectivity index (χ1n) is 7.16. The molecule has 0 spiro atoms. The molecular weight excluding hydrogens is 271 g/mol. The van der Waals surface area contributed by atoms with Crippen LogP contribution in [0.3, 0.4) is 0 Å². The number of piperidine rings is 1. The number of rotatable bonds is 2. The van der Waals surface area contributed by atoms with Crippen molar-refractivity contribution in [3.05, 3.63) is 11.7 Å². The van der Waals surface area contributed by atoms with Crippen LogP contribution in [0, 0.1) is 5.92 Å². The van der Waals surface area contributed by atoms with E-state index in [9.17, 15) is 13.2 Å². The van der Waals surface area contributed by atoms with Crippen LogP contribution in [0.15, 0.2) is 4.52 Å². The summed E-state index contributed by atoms with van der Waals surface area (Å²) in [7, 11) is 0. The molecule has 0 bridgehead atoms. The fourth-order valence-electron chi connectivity index (χ4n) is 3.35. The summed E-state index contributed by atoms with van der Waals surface area (Å²) < 4.78 is 41.8. The van der Waals surface area contributed by atoms with E-state index in [4.69, 9.17) is 4.52 Å². The zero-order valence-corrected chi connectivity index (χ0v) is 11.1.